The summed E-state index contributed by atoms with van der Waals surface area (Å²) in [5.41, 5.74) is 3.34. The Bertz CT molecular complexity index is 532. The van der Waals surface area contributed by atoms with Crippen LogP contribution in [0.25, 0.3) is 0 Å². The monoisotopic (exact) mass is 310 g/mol. The van der Waals surface area contributed by atoms with E-state index in [2.05, 4.69) is 45.0 Å². The van der Waals surface area contributed by atoms with Crippen molar-refractivity contribution in [1.29, 1.82) is 0 Å². The highest BCUT2D eigenvalue weighted by atomic mass is 79.9. The van der Waals surface area contributed by atoms with Crippen LogP contribution in [-0.2, 0) is 6.42 Å². The fourth-order valence-corrected chi connectivity index (χ4v) is 2.05. The summed E-state index contributed by atoms with van der Waals surface area (Å²) >= 11 is 9.38. The van der Waals surface area contributed by atoms with Crippen molar-refractivity contribution >= 4 is 27.5 Å². The maximum absolute atomic E-state index is 6.03. The Balaban J connectivity index is 2.34. The van der Waals surface area contributed by atoms with E-state index >= 15 is 0 Å². The number of benzene rings is 1. The van der Waals surface area contributed by atoms with Gasteiger partial charge in [-0.05, 0) is 40.9 Å². The number of aryl methyl sites for hydroxylation is 2. The molecule has 2 nitrogen and oxygen atoms in total. The molecule has 0 saturated heterocycles. The van der Waals surface area contributed by atoms with E-state index in [1.807, 2.05) is 19.1 Å². The lowest BCUT2D eigenvalue weighted by Gasteiger charge is -2.07. The quantitative estimate of drug-likeness (QED) is 0.780. The van der Waals surface area contributed by atoms with Crippen molar-refractivity contribution in [3.8, 4) is 0 Å². The first-order valence-corrected chi connectivity index (χ1v) is 6.48. The summed E-state index contributed by atoms with van der Waals surface area (Å²) in [6.07, 6.45) is 0.709. The van der Waals surface area contributed by atoms with E-state index in [4.69, 9.17) is 11.6 Å². The fourth-order valence-electron chi connectivity index (χ4n) is 1.64. The highest BCUT2D eigenvalue weighted by molar-refractivity contribution is 9.10. The largest absolute Gasteiger partial charge is 0.237 e. The van der Waals surface area contributed by atoms with Gasteiger partial charge in [0.2, 0.25) is 0 Å². The lowest BCUT2D eigenvalue weighted by atomic mass is 10.1. The van der Waals surface area contributed by atoms with Gasteiger partial charge in [0.1, 0.15) is 11.0 Å². The Labute approximate surface area is 114 Å². The minimum absolute atomic E-state index is 0.473. The van der Waals surface area contributed by atoms with Gasteiger partial charge in [-0.3, -0.25) is 0 Å². The normalized spacial score (nSPS) is 10.6. The molecule has 88 valence electrons. The summed E-state index contributed by atoms with van der Waals surface area (Å²) in [7, 11) is 0. The van der Waals surface area contributed by atoms with Gasteiger partial charge in [-0.25, -0.2) is 9.97 Å². The number of halogens is 2. The van der Waals surface area contributed by atoms with E-state index in [1.54, 1.807) is 0 Å². The molecule has 0 spiro atoms. The van der Waals surface area contributed by atoms with Gasteiger partial charge < -0.3 is 0 Å². The van der Waals surface area contributed by atoms with Crippen LogP contribution in [0.1, 0.15) is 22.6 Å². The summed E-state index contributed by atoms with van der Waals surface area (Å²) in [6, 6.07) is 8.22. The van der Waals surface area contributed by atoms with Crippen molar-refractivity contribution in [2.75, 3.05) is 0 Å². The molecule has 0 aliphatic carbocycles. The first kappa shape index (κ1) is 12.5. The lowest BCUT2D eigenvalue weighted by Crippen LogP contribution is -2.01. The van der Waals surface area contributed by atoms with Crippen LogP contribution >= 0.6 is 27.5 Å². The molecule has 0 atom stereocenters. The van der Waals surface area contributed by atoms with Crippen LogP contribution in [0.3, 0.4) is 0 Å². The Hall–Kier alpha value is -0.930. The number of hydrogen-bond acceptors (Lipinski definition) is 2. The Morgan fingerprint density at radius 3 is 2.53 bits per heavy atom. The van der Waals surface area contributed by atoms with Gasteiger partial charge in [0.15, 0.2) is 0 Å². The molecule has 0 unspecified atom stereocenters. The zero-order valence-corrected chi connectivity index (χ0v) is 12.0. The van der Waals surface area contributed by atoms with E-state index in [0.29, 0.717) is 11.6 Å². The Morgan fingerprint density at radius 1 is 1.18 bits per heavy atom. The van der Waals surface area contributed by atoms with Crippen molar-refractivity contribution in [3.63, 3.8) is 0 Å². The highest BCUT2D eigenvalue weighted by Crippen LogP contribution is 2.23. The molecule has 0 saturated carbocycles. The zero-order valence-electron chi connectivity index (χ0n) is 9.67. The van der Waals surface area contributed by atoms with E-state index < -0.39 is 0 Å². The van der Waals surface area contributed by atoms with Crippen LogP contribution in [0, 0.1) is 13.8 Å². The van der Waals surface area contributed by atoms with Crippen LogP contribution in [0.5, 0.6) is 0 Å². The predicted molar refractivity (Wildman–Crippen MR) is 73.5 cm³/mol. The number of rotatable bonds is 2. The first-order valence-electron chi connectivity index (χ1n) is 5.31. The molecule has 2 aromatic rings. The summed E-state index contributed by atoms with van der Waals surface area (Å²) in [4.78, 5) is 8.70. The van der Waals surface area contributed by atoms with Gasteiger partial charge in [-0.15, -0.1) is 0 Å². The summed E-state index contributed by atoms with van der Waals surface area (Å²) < 4.78 is 0.771. The molecule has 1 aromatic heterocycles. The maximum atomic E-state index is 6.03. The molecular formula is C13H12BrClN2. The smallest absolute Gasteiger partial charge is 0.147 e. The van der Waals surface area contributed by atoms with E-state index in [0.717, 1.165) is 16.0 Å². The molecule has 2 rings (SSSR count). The van der Waals surface area contributed by atoms with Crippen molar-refractivity contribution in [2.24, 2.45) is 0 Å². The molecule has 1 heterocycles. The molecule has 0 aliphatic rings. The molecule has 4 heteroatoms. The van der Waals surface area contributed by atoms with Gasteiger partial charge in [-0.2, -0.15) is 0 Å². The molecule has 0 N–H and O–H groups in total. The molecule has 0 amide bonds. The topological polar surface area (TPSA) is 25.8 Å². The average Bonchev–Trinajstić information content (AvgIpc) is 2.29. The van der Waals surface area contributed by atoms with Crippen LogP contribution in [0.2, 0.25) is 5.15 Å². The predicted octanol–water partition coefficient (Wildman–Crippen LogP) is 4.10. The minimum Gasteiger partial charge on any atom is -0.237 e. The van der Waals surface area contributed by atoms with Gasteiger partial charge in [0, 0.05) is 6.42 Å². The Morgan fingerprint density at radius 2 is 1.88 bits per heavy atom. The molecule has 0 aliphatic heterocycles. The minimum atomic E-state index is 0.473. The lowest BCUT2D eigenvalue weighted by molar-refractivity contribution is 0.929. The average molecular weight is 312 g/mol. The highest BCUT2D eigenvalue weighted by Gasteiger charge is 2.08. The van der Waals surface area contributed by atoms with Crippen LogP contribution < -0.4 is 0 Å². The maximum Gasteiger partial charge on any atom is 0.147 e. The summed E-state index contributed by atoms with van der Waals surface area (Å²) in [5.74, 6) is 0.755. The van der Waals surface area contributed by atoms with E-state index in [1.165, 1.54) is 11.1 Å². The van der Waals surface area contributed by atoms with Crippen molar-refractivity contribution in [2.45, 2.75) is 20.3 Å². The van der Waals surface area contributed by atoms with Crippen molar-refractivity contribution in [3.05, 3.63) is 56.5 Å². The van der Waals surface area contributed by atoms with Crippen LogP contribution in [0.15, 0.2) is 28.7 Å². The molecule has 0 bridgehead atoms. The van der Waals surface area contributed by atoms with Gasteiger partial charge >= 0.3 is 0 Å². The SMILES string of the molecule is Cc1ccccc1Cc1nc(C)c(Br)c(Cl)n1. The van der Waals surface area contributed by atoms with Crippen LogP contribution in [-0.4, -0.2) is 9.97 Å². The van der Waals surface area contributed by atoms with E-state index in [9.17, 15) is 0 Å². The zero-order chi connectivity index (χ0) is 12.4. The van der Waals surface area contributed by atoms with E-state index in [-0.39, 0.29) is 0 Å². The number of nitrogens with zero attached hydrogens (tertiary/aromatic N) is 2. The van der Waals surface area contributed by atoms with Crippen LogP contribution in [0.4, 0.5) is 0 Å². The second kappa shape index (κ2) is 5.15. The standard InChI is InChI=1S/C13H12BrClN2/c1-8-5-3-4-6-10(8)7-11-16-9(2)12(14)13(15)17-11/h3-6H,7H2,1-2H3. The first-order chi connectivity index (χ1) is 8.08. The summed E-state index contributed by atoms with van der Waals surface area (Å²) in [6.45, 7) is 4.00. The number of aromatic nitrogens is 2. The van der Waals surface area contributed by atoms with Gasteiger partial charge in [-0.1, -0.05) is 35.9 Å². The molecular weight excluding hydrogens is 300 g/mol. The molecule has 0 fully saturated rings. The van der Waals surface area contributed by atoms with Crippen molar-refractivity contribution in [1.82, 2.24) is 9.97 Å². The fraction of sp³-hybridized carbons (Fsp3) is 0.231. The molecule has 0 radical (unpaired) electrons. The van der Waals surface area contributed by atoms with Gasteiger partial charge in [0.25, 0.3) is 0 Å². The third kappa shape index (κ3) is 2.85. The summed E-state index contributed by atoms with van der Waals surface area (Å²) in [5, 5.41) is 0.473. The second-order valence-corrected chi connectivity index (χ2v) is 5.08. The second-order valence-electron chi connectivity index (χ2n) is 3.93. The molecule has 1 aromatic carbocycles. The Kier molecular flexibility index (Phi) is 3.79. The van der Waals surface area contributed by atoms with Gasteiger partial charge in [0.05, 0.1) is 10.2 Å². The molecule has 17 heavy (non-hydrogen) atoms. The number of hydrogen-bond donors (Lipinski definition) is 0. The third-order valence-electron chi connectivity index (χ3n) is 2.63. The third-order valence-corrected chi connectivity index (χ3v) is 4.08. The van der Waals surface area contributed by atoms with Crippen molar-refractivity contribution < 1.29 is 0 Å².